The topological polar surface area (TPSA) is 22.1 Å². The van der Waals surface area contributed by atoms with E-state index in [-0.39, 0.29) is 5.60 Å². The van der Waals surface area contributed by atoms with E-state index in [2.05, 4.69) is 4.98 Å². The van der Waals surface area contributed by atoms with Crippen LogP contribution in [0.15, 0.2) is 18.2 Å². The summed E-state index contributed by atoms with van der Waals surface area (Å²) in [5.74, 6) is 0.697. The summed E-state index contributed by atoms with van der Waals surface area (Å²) < 4.78 is 5.57. The molecule has 0 N–H and O–H groups in total. The zero-order valence-corrected chi connectivity index (χ0v) is 8.09. The van der Waals surface area contributed by atoms with Crippen LogP contribution in [0.25, 0.3) is 0 Å². The lowest BCUT2D eigenvalue weighted by Gasteiger charge is -2.20. The predicted molar refractivity (Wildman–Crippen MR) is 49.4 cm³/mol. The van der Waals surface area contributed by atoms with Crippen molar-refractivity contribution in [3.63, 3.8) is 0 Å². The molecule has 1 aromatic heterocycles. The highest BCUT2D eigenvalue weighted by Crippen LogP contribution is 2.14. The number of nitrogens with zero attached hydrogens (tertiary/aromatic N) is 1. The smallest absolute Gasteiger partial charge is 0.213 e. The van der Waals surface area contributed by atoms with Gasteiger partial charge in [0.15, 0.2) is 0 Å². The second-order valence-corrected chi connectivity index (χ2v) is 3.83. The van der Waals surface area contributed by atoms with Crippen LogP contribution < -0.4 is 4.74 Å². The second-order valence-electron chi connectivity index (χ2n) is 3.83. The van der Waals surface area contributed by atoms with E-state index >= 15 is 0 Å². The molecule has 0 aromatic carbocycles. The molecule has 1 rings (SSSR count). The third kappa shape index (κ3) is 2.91. The van der Waals surface area contributed by atoms with Gasteiger partial charge in [-0.25, -0.2) is 4.98 Å². The molecule has 0 aliphatic heterocycles. The number of ether oxygens (including phenoxy) is 1. The first-order chi connectivity index (χ1) is 5.47. The van der Waals surface area contributed by atoms with Crippen molar-refractivity contribution in [1.82, 2.24) is 4.98 Å². The van der Waals surface area contributed by atoms with Crippen molar-refractivity contribution in [3.05, 3.63) is 23.9 Å². The molecule has 2 heteroatoms. The van der Waals surface area contributed by atoms with Gasteiger partial charge in [-0.2, -0.15) is 0 Å². The lowest BCUT2D eigenvalue weighted by molar-refractivity contribution is 0.124. The van der Waals surface area contributed by atoms with Crippen LogP contribution in [0, 0.1) is 6.92 Å². The Kier molecular flexibility index (Phi) is 2.36. The van der Waals surface area contributed by atoms with Crippen LogP contribution in [0.4, 0.5) is 0 Å². The van der Waals surface area contributed by atoms with Gasteiger partial charge in [-0.05, 0) is 33.8 Å². The summed E-state index contributed by atoms with van der Waals surface area (Å²) in [6, 6.07) is 5.77. The van der Waals surface area contributed by atoms with E-state index < -0.39 is 0 Å². The van der Waals surface area contributed by atoms with Crippen molar-refractivity contribution in [2.24, 2.45) is 0 Å². The fraction of sp³-hybridized carbons (Fsp3) is 0.500. The molecule has 66 valence electrons. The average molecular weight is 165 g/mol. The number of rotatable bonds is 1. The van der Waals surface area contributed by atoms with Gasteiger partial charge in [0.1, 0.15) is 5.60 Å². The summed E-state index contributed by atoms with van der Waals surface area (Å²) in [6.45, 7) is 7.99. The van der Waals surface area contributed by atoms with Gasteiger partial charge in [-0.3, -0.25) is 0 Å². The molecule has 0 radical (unpaired) electrons. The number of aryl methyl sites for hydroxylation is 1. The fourth-order valence-electron chi connectivity index (χ4n) is 0.889. The molecule has 0 bridgehead atoms. The molecule has 0 saturated carbocycles. The van der Waals surface area contributed by atoms with E-state index in [9.17, 15) is 0 Å². The molecule has 1 aromatic rings. The molecule has 1 heterocycles. The first kappa shape index (κ1) is 9.04. The predicted octanol–water partition coefficient (Wildman–Crippen LogP) is 2.57. The Hall–Kier alpha value is -1.05. The van der Waals surface area contributed by atoms with Crippen LogP contribution in [0.1, 0.15) is 26.5 Å². The summed E-state index contributed by atoms with van der Waals surface area (Å²) in [5, 5.41) is 0. The largest absolute Gasteiger partial charge is 0.472 e. The summed E-state index contributed by atoms with van der Waals surface area (Å²) in [5.41, 5.74) is 0.817. The van der Waals surface area contributed by atoms with Crippen LogP contribution in [0.2, 0.25) is 0 Å². The van der Waals surface area contributed by atoms with Crippen LogP contribution in [-0.4, -0.2) is 10.6 Å². The summed E-state index contributed by atoms with van der Waals surface area (Å²) >= 11 is 0. The van der Waals surface area contributed by atoms with Crippen molar-refractivity contribution < 1.29 is 4.74 Å². The van der Waals surface area contributed by atoms with E-state index in [0.717, 1.165) is 5.69 Å². The van der Waals surface area contributed by atoms with E-state index in [1.165, 1.54) is 0 Å². The summed E-state index contributed by atoms with van der Waals surface area (Å²) in [6.07, 6.45) is 0. The van der Waals surface area contributed by atoms with Gasteiger partial charge < -0.3 is 4.74 Å². The van der Waals surface area contributed by atoms with Crippen LogP contribution in [0.5, 0.6) is 5.88 Å². The minimum absolute atomic E-state index is 0.166. The van der Waals surface area contributed by atoms with Gasteiger partial charge in [0.25, 0.3) is 0 Å². The van der Waals surface area contributed by atoms with Crippen molar-refractivity contribution in [3.8, 4) is 5.88 Å². The van der Waals surface area contributed by atoms with Crippen molar-refractivity contribution in [2.75, 3.05) is 0 Å². The molecule has 0 unspecified atom stereocenters. The zero-order chi connectivity index (χ0) is 9.19. The molecule has 0 aliphatic rings. The van der Waals surface area contributed by atoms with Crippen molar-refractivity contribution >= 4 is 0 Å². The van der Waals surface area contributed by atoms with Crippen LogP contribution in [0.3, 0.4) is 0 Å². The quantitative estimate of drug-likeness (QED) is 0.638. The molecule has 0 amide bonds. The zero-order valence-electron chi connectivity index (χ0n) is 8.09. The summed E-state index contributed by atoms with van der Waals surface area (Å²) in [7, 11) is 0. The van der Waals surface area contributed by atoms with Gasteiger partial charge in [-0.1, -0.05) is 6.07 Å². The fourth-order valence-corrected chi connectivity index (χ4v) is 0.889. The molecule has 0 aliphatic carbocycles. The SMILES string of the molecule is Cc1cccc(OC(C)(C)C)n1. The highest BCUT2D eigenvalue weighted by atomic mass is 16.5. The van der Waals surface area contributed by atoms with E-state index in [4.69, 9.17) is 4.74 Å². The molecule has 0 saturated heterocycles. The average Bonchev–Trinajstić information content (AvgIpc) is 1.82. The summed E-state index contributed by atoms with van der Waals surface area (Å²) in [4.78, 5) is 4.24. The Morgan fingerprint density at radius 3 is 2.42 bits per heavy atom. The van der Waals surface area contributed by atoms with E-state index in [0.29, 0.717) is 5.88 Å². The van der Waals surface area contributed by atoms with Gasteiger partial charge in [0.2, 0.25) is 5.88 Å². The number of hydrogen-bond acceptors (Lipinski definition) is 2. The van der Waals surface area contributed by atoms with Crippen LogP contribution in [-0.2, 0) is 0 Å². The molecule has 0 spiro atoms. The second kappa shape index (κ2) is 3.13. The number of pyridine rings is 1. The maximum absolute atomic E-state index is 5.57. The van der Waals surface area contributed by atoms with Gasteiger partial charge >= 0.3 is 0 Å². The highest BCUT2D eigenvalue weighted by molar-refractivity contribution is 5.15. The molecule has 12 heavy (non-hydrogen) atoms. The number of aromatic nitrogens is 1. The standard InChI is InChI=1S/C10H15NO/c1-8-6-5-7-9(11-8)12-10(2,3)4/h5-7H,1-4H3. The molecule has 0 fully saturated rings. The van der Waals surface area contributed by atoms with Gasteiger partial charge in [0.05, 0.1) is 0 Å². The monoisotopic (exact) mass is 165 g/mol. The normalized spacial score (nSPS) is 11.3. The van der Waals surface area contributed by atoms with Crippen molar-refractivity contribution in [1.29, 1.82) is 0 Å². The first-order valence-corrected chi connectivity index (χ1v) is 4.10. The van der Waals surface area contributed by atoms with E-state index in [1.54, 1.807) is 0 Å². The third-order valence-electron chi connectivity index (χ3n) is 1.27. The molecule has 2 nitrogen and oxygen atoms in total. The molecular formula is C10H15NO. The lowest BCUT2D eigenvalue weighted by atomic mass is 10.2. The third-order valence-corrected chi connectivity index (χ3v) is 1.27. The van der Waals surface area contributed by atoms with Crippen LogP contribution >= 0.6 is 0 Å². The number of hydrogen-bond donors (Lipinski definition) is 0. The van der Waals surface area contributed by atoms with Gasteiger partial charge in [0, 0.05) is 11.8 Å². The maximum atomic E-state index is 5.57. The minimum atomic E-state index is -0.166. The Morgan fingerprint density at radius 1 is 1.25 bits per heavy atom. The Morgan fingerprint density at radius 2 is 1.92 bits per heavy atom. The molecule has 0 atom stereocenters. The van der Waals surface area contributed by atoms with E-state index in [1.807, 2.05) is 45.9 Å². The molecular weight excluding hydrogens is 150 g/mol. The lowest BCUT2D eigenvalue weighted by Crippen LogP contribution is -2.23. The highest BCUT2D eigenvalue weighted by Gasteiger charge is 2.11. The minimum Gasteiger partial charge on any atom is -0.472 e. The first-order valence-electron chi connectivity index (χ1n) is 4.10. The maximum Gasteiger partial charge on any atom is 0.213 e. The Balaban J connectivity index is 2.77. The Bertz CT molecular complexity index is 263. The van der Waals surface area contributed by atoms with Gasteiger partial charge in [-0.15, -0.1) is 0 Å². The van der Waals surface area contributed by atoms with Crippen molar-refractivity contribution in [2.45, 2.75) is 33.3 Å². The Labute approximate surface area is 73.6 Å².